The predicted molar refractivity (Wildman–Crippen MR) is 68.7 cm³/mol. The first kappa shape index (κ1) is 15.3. The summed E-state index contributed by atoms with van der Waals surface area (Å²) in [6, 6.07) is 3.84. The molecule has 1 heterocycles. The van der Waals surface area contributed by atoms with Crippen LogP contribution in [0.3, 0.4) is 0 Å². The molecule has 1 aromatic rings. The van der Waals surface area contributed by atoms with E-state index in [4.69, 9.17) is 11.6 Å². The number of likely N-dealkylation sites (tertiary alicyclic amines) is 1. The van der Waals surface area contributed by atoms with Crippen LogP contribution >= 0.6 is 11.6 Å². The fourth-order valence-corrected chi connectivity index (χ4v) is 2.74. The molecule has 0 spiro atoms. The zero-order valence-electron chi connectivity index (χ0n) is 10.3. The second kappa shape index (κ2) is 5.75. The second-order valence-electron chi connectivity index (χ2n) is 4.53. The minimum Gasteiger partial charge on any atom is -0.768 e. The van der Waals surface area contributed by atoms with E-state index in [0.717, 1.165) is 6.07 Å². The van der Waals surface area contributed by atoms with E-state index in [1.165, 1.54) is 17.0 Å². The van der Waals surface area contributed by atoms with Crippen LogP contribution in [0.5, 0.6) is 0 Å². The molecular formula is C12H11ClF2NO3S-. The van der Waals surface area contributed by atoms with Crippen molar-refractivity contribution in [3.63, 3.8) is 0 Å². The molecule has 1 aromatic carbocycles. The number of benzene rings is 1. The van der Waals surface area contributed by atoms with Gasteiger partial charge in [-0.2, -0.15) is 0 Å². The minimum atomic E-state index is -2.74. The Morgan fingerprint density at radius 1 is 1.35 bits per heavy atom. The Balaban J connectivity index is 2.18. The third-order valence-corrected chi connectivity index (χ3v) is 4.28. The van der Waals surface area contributed by atoms with Gasteiger partial charge in [0.05, 0.1) is 5.02 Å². The molecule has 1 aliphatic rings. The van der Waals surface area contributed by atoms with Crippen LogP contribution < -0.4 is 0 Å². The molecule has 0 aromatic heterocycles. The van der Waals surface area contributed by atoms with Crippen LogP contribution in [-0.2, 0) is 11.1 Å². The number of halogens is 3. The SMILES string of the molecule is O=C(c1ccc(Cl)c(S(=O)[O-])c1)N1CCC(F)(F)CC1. The van der Waals surface area contributed by atoms with Crippen molar-refractivity contribution in [2.24, 2.45) is 0 Å². The molecule has 2 rings (SSSR count). The number of carbonyl (C=O) groups excluding carboxylic acids is 1. The van der Waals surface area contributed by atoms with Gasteiger partial charge in [0.25, 0.3) is 11.8 Å². The Morgan fingerprint density at radius 2 is 1.95 bits per heavy atom. The maximum absolute atomic E-state index is 13.0. The average molecular weight is 323 g/mol. The largest absolute Gasteiger partial charge is 0.768 e. The number of alkyl halides is 2. The highest BCUT2D eigenvalue weighted by atomic mass is 35.5. The maximum Gasteiger partial charge on any atom is 0.253 e. The highest BCUT2D eigenvalue weighted by Crippen LogP contribution is 2.29. The normalized spacial score (nSPS) is 19.7. The van der Waals surface area contributed by atoms with E-state index >= 15 is 0 Å². The molecule has 8 heteroatoms. The number of hydrogen-bond donors (Lipinski definition) is 0. The number of hydrogen-bond acceptors (Lipinski definition) is 3. The first-order chi connectivity index (χ1) is 9.30. The molecule has 4 nitrogen and oxygen atoms in total. The van der Waals surface area contributed by atoms with E-state index in [-0.39, 0.29) is 41.4 Å². The monoisotopic (exact) mass is 322 g/mol. The highest BCUT2D eigenvalue weighted by molar-refractivity contribution is 7.79. The van der Waals surface area contributed by atoms with Crippen LogP contribution in [0.25, 0.3) is 0 Å². The number of piperidine rings is 1. The van der Waals surface area contributed by atoms with Gasteiger partial charge in [-0.15, -0.1) is 0 Å². The average Bonchev–Trinajstić information content (AvgIpc) is 2.38. The number of amides is 1. The van der Waals surface area contributed by atoms with Crippen molar-refractivity contribution < 1.29 is 22.3 Å². The van der Waals surface area contributed by atoms with Crippen LogP contribution in [0.4, 0.5) is 8.78 Å². The quantitative estimate of drug-likeness (QED) is 0.786. The van der Waals surface area contributed by atoms with Crippen LogP contribution in [0.2, 0.25) is 5.02 Å². The summed E-state index contributed by atoms with van der Waals surface area (Å²) in [6.07, 6.45) is -0.765. The van der Waals surface area contributed by atoms with Crippen LogP contribution in [-0.4, -0.2) is 38.6 Å². The van der Waals surface area contributed by atoms with Crippen LogP contribution in [0.1, 0.15) is 23.2 Å². The fraction of sp³-hybridized carbons (Fsp3) is 0.417. The van der Waals surface area contributed by atoms with Gasteiger partial charge in [0.2, 0.25) is 0 Å². The smallest absolute Gasteiger partial charge is 0.253 e. The van der Waals surface area contributed by atoms with Crippen LogP contribution in [0, 0.1) is 0 Å². The number of nitrogens with zero attached hydrogens (tertiary/aromatic N) is 1. The van der Waals surface area contributed by atoms with E-state index in [9.17, 15) is 22.3 Å². The molecule has 1 amide bonds. The van der Waals surface area contributed by atoms with E-state index in [0.29, 0.717) is 0 Å². The molecule has 20 heavy (non-hydrogen) atoms. The van der Waals surface area contributed by atoms with Crippen molar-refractivity contribution in [3.8, 4) is 0 Å². The van der Waals surface area contributed by atoms with Gasteiger partial charge in [0, 0.05) is 36.4 Å². The summed E-state index contributed by atoms with van der Waals surface area (Å²) in [5.41, 5.74) is 0.124. The molecular weight excluding hydrogens is 312 g/mol. The summed E-state index contributed by atoms with van der Waals surface area (Å²) >= 11 is 3.14. The maximum atomic E-state index is 13.0. The van der Waals surface area contributed by atoms with E-state index in [1.54, 1.807) is 0 Å². The molecule has 0 radical (unpaired) electrons. The lowest BCUT2D eigenvalue weighted by Crippen LogP contribution is -2.42. The van der Waals surface area contributed by atoms with E-state index < -0.39 is 22.9 Å². The Kier molecular flexibility index (Phi) is 4.41. The molecule has 1 unspecified atom stereocenters. The van der Waals surface area contributed by atoms with Crippen LogP contribution in [0.15, 0.2) is 23.1 Å². The third kappa shape index (κ3) is 3.34. The van der Waals surface area contributed by atoms with Crippen molar-refractivity contribution in [3.05, 3.63) is 28.8 Å². The van der Waals surface area contributed by atoms with Gasteiger partial charge in [0.15, 0.2) is 0 Å². The molecule has 1 aliphatic heterocycles. The molecule has 0 N–H and O–H groups in total. The molecule has 1 atom stereocenters. The standard InChI is InChI=1S/C12H12ClF2NO3S/c13-9-2-1-8(7-10(9)20(18)19)11(17)16-5-3-12(14,15)4-6-16/h1-2,7H,3-6H2,(H,18,19)/p-1. The topological polar surface area (TPSA) is 60.4 Å². The zero-order chi connectivity index (χ0) is 14.9. The molecule has 0 aliphatic carbocycles. The molecule has 110 valence electrons. The molecule has 1 saturated heterocycles. The summed E-state index contributed by atoms with van der Waals surface area (Å²) in [6.45, 7) is -0.103. The van der Waals surface area contributed by atoms with Gasteiger partial charge < -0.3 is 9.45 Å². The second-order valence-corrected chi connectivity index (χ2v) is 5.84. The van der Waals surface area contributed by atoms with E-state index in [2.05, 4.69) is 0 Å². The minimum absolute atomic E-state index is 0.0139. The van der Waals surface area contributed by atoms with Gasteiger partial charge in [-0.3, -0.25) is 9.00 Å². The lowest BCUT2D eigenvalue weighted by atomic mass is 10.1. The Hall–Kier alpha value is -1.05. The summed E-state index contributed by atoms with van der Waals surface area (Å²) < 4.78 is 48.0. The van der Waals surface area contributed by atoms with Gasteiger partial charge in [-0.05, 0) is 29.3 Å². The van der Waals surface area contributed by atoms with Gasteiger partial charge in [-0.1, -0.05) is 11.6 Å². The first-order valence-corrected chi connectivity index (χ1v) is 7.31. The highest BCUT2D eigenvalue weighted by Gasteiger charge is 2.35. The van der Waals surface area contributed by atoms with Crippen molar-refractivity contribution in [2.45, 2.75) is 23.7 Å². The molecule has 1 fully saturated rings. The fourth-order valence-electron chi connectivity index (χ4n) is 1.98. The van der Waals surface area contributed by atoms with E-state index in [1.807, 2.05) is 0 Å². The lowest BCUT2D eigenvalue weighted by Gasteiger charge is -2.31. The summed E-state index contributed by atoms with van der Waals surface area (Å²) in [5.74, 6) is -3.21. The summed E-state index contributed by atoms with van der Waals surface area (Å²) in [7, 11) is 0. The van der Waals surface area contributed by atoms with Crippen molar-refractivity contribution in [1.82, 2.24) is 4.90 Å². The summed E-state index contributed by atoms with van der Waals surface area (Å²) in [4.78, 5) is 13.2. The zero-order valence-corrected chi connectivity index (χ0v) is 11.8. The lowest BCUT2D eigenvalue weighted by molar-refractivity contribution is -0.0494. The van der Waals surface area contributed by atoms with Gasteiger partial charge in [-0.25, -0.2) is 8.78 Å². The Morgan fingerprint density at radius 3 is 2.50 bits per heavy atom. The first-order valence-electron chi connectivity index (χ1n) is 5.86. The predicted octanol–water partition coefficient (Wildman–Crippen LogP) is 2.45. The third-order valence-electron chi connectivity index (χ3n) is 3.14. The van der Waals surface area contributed by atoms with Crippen molar-refractivity contribution in [1.29, 1.82) is 0 Å². The number of carbonyl (C=O) groups is 1. The number of rotatable bonds is 2. The summed E-state index contributed by atoms with van der Waals surface area (Å²) in [5, 5.41) is 0.0139. The molecule has 0 saturated carbocycles. The van der Waals surface area contributed by atoms with Gasteiger partial charge in [0.1, 0.15) is 0 Å². The Labute approximate surface area is 122 Å². The van der Waals surface area contributed by atoms with Crippen molar-refractivity contribution in [2.75, 3.05) is 13.1 Å². The Bertz CT molecular complexity index is 558. The molecule has 0 bridgehead atoms. The van der Waals surface area contributed by atoms with Gasteiger partial charge >= 0.3 is 0 Å². The van der Waals surface area contributed by atoms with Crippen molar-refractivity contribution >= 4 is 28.6 Å².